The highest BCUT2D eigenvalue weighted by Crippen LogP contribution is 2.30. The number of amides is 3. The van der Waals surface area contributed by atoms with Gasteiger partial charge in [0.15, 0.2) is 0 Å². The summed E-state index contributed by atoms with van der Waals surface area (Å²) in [6.45, 7) is 2.99. The molecule has 0 aliphatic carbocycles. The number of piperidine rings is 1. The summed E-state index contributed by atoms with van der Waals surface area (Å²) in [5.41, 5.74) is 2.41. The van der Waals surface area contributed by atoms with Gasteiger partial charge in [-0.1, -0.05) is 12.1 Å². The van der Waals surface area contributed by atoms with E-state index in [0.29, 0.717) is 30.3 Å². The largest absolute Gasteiger partial charge is 0.497 e. The third-order valence-corrected chi connectivity index (χ3v) is 5.02. The minimum Gasteiger partial charge on any atom is -0.497 e. The molecule has 3 rings (SSSR count). The molecule has 0 spiro atoms. The molecular weight excluding hydrogens is 370 g/mol. The first-order chi connectivity index (χ1) is 14.0. The van der Waals surface area contributed by atoms with E-state index in [2.05, 4.69) is 10.6 Å². The van der Waals surface area contributed by atoms with Gasteiger partial charge >= 0.3 is 6.03 Å². The Bertz CT molecular complexity index is 884. The SMILES string of the molecule is COc1ccc(NC(=O)C2CCCN(C(=O)Nc3cccc(C)c3)C2)c(OC)c1. The van der Waals surface area contributed by atoms with Crippen molar-refractivity contribution in [1.82, 2.24) is 4.90 Å². The highest BCUT2D eigenvalue weighted by molar-refractivity contribution is 5.95. The van der Waals surface area contributed by atoms with Gasteiger partial charge in [-0.15, -0.1) is 0 Å². The van der Waals surface area contributed by atoms with Gasteiger partial charge in [0.05, 0.1) is 25.8 Å². The molecule has 7 heteroatoms. The summed E-state index contributed by atoms with van der Waals surface area (Å²) in [7, 11) is 3.12. The average Bonchev–Trinajstić information content (AvgIpc) is 2.74. The first-order valence-corrected chi connectivity index (χ1v) is 9.65. The van der Waals surface area contributed by atoms with E-state index in [-0.39, 0.29) is 17.9 Å². The van der Waals surface area contributed by atoms with Gasteiger partial charge in [-0.25, -0.2) is 4.79 Å². The highest BCUT2D eigenvalue weighted by Gasteiger charge is 2.29. The topological polar surface area (TPSA) is 79.9 Å². The van der Waals surface area contributed by atoms with E-state index in [9.17, 15) is 9.59 Å². The van der Waals surface area contributed by atoms with Crippen molar-refractivity contribution < 1.29 is 19.1 Å². The number of anilines is 2. The van der Waals surface area contributed by atoms with Crippen LogP contribution in [0.5, 0.6) is 11.5 Å². The third kappa shape index (κ3) is 5.19. The summed E-state index contributed by atoms with van der Waals surface area (Å²) in [6, 6.07) is 12.7. The van der Waals surface area contributed by atoms with Gasteiger partial charge in [0, 0.05) is 24.8 Å². The van der Waals surface area contributed by atoms with Crippen LogP contribution in [0.3, 0.4) is 0 Å². The molecule has 1 saturated heterocycles. The number of hydrogen-bond acceptors (Lipinski definition) is 4. The number of ether oxygens (including phenoxy) is 2. The number of methoxy groups -OCH3 is 2. The lowest BCUT2D eigenvalue weighted by Gasteiger charge is -2.32. The molecule has 0 radical (unpaired) electrons. The molecule has 1 aliphatic rings. The number of rotatable bonds is 5. The molecule has 1 atom stereocenters. The Kier molecular flexibility index (Phi) is 6.59. The first-order valence-electron chi connectivity index (χ1n) is 9.65. The maximum atomic E-state index is 12.8. The summed E-state index contributed by atoms with van der Waals surface area (Å²) in [5.74, 6) is 0.777. The van der Waals surface area contributed by atoms with E-state index in [0.717, 1.165) is 24.1 Å². The summed E-state index contributed by atoms with van der Waals surface area (Å²) in [4.78, 5) is 27.1. The maximum absolute atomic E-state index is 12.8. The predicted octanol–water partition coefficient (Wildman–Crippen LogP) is 3.89. The zero-order chi connectivity index (χ0) is 20.8. The van der Waals surface area contributed by atoms with E-state index >= 15 is 0 Å². The molecule has 2 aromatic rings. The Hall–Kier alpha value is -3.22. The maximum Gasteiger partial charge on any atom is 0.321 e. The predicted molar refractivity (Wildman–Crippen MR) is 113 cm³/mol. The van der Waals surface area contributed by atoms with Crippen molar-refractivity contribution in [2.75, 3.05) is 37.9 Å². The summed E-state index contributed by atoms with van der Waals surface area (Å²) < 4.78 is 10.5. The van der Waals surface area contributed by atoms with Crippen molar-refractivity contribution in [2.45, 2.75) is 19.8 Å². The van der Waals surface area contributed by atoms with Crippen molar-refractivity contribution >= 4 is 23.3 Å². The monoisotopic (exact) mass is 397 g/mol. The number of nitrogens with zero attached hydrogens (tertiary/aromatic N) is 1. The van der Waals surface area contributed by atoms with Gasteiger partial charge in [-0.3, -0.25) is 4.79 Å². The number of urea groups is 1. The molecule has 1 fully saturated rings. The molecule has 2 aromatic carbocycles. The molecule has 29 heavy (non-hydrogen) atoms. The van der Waals surface area contributed by atoms with Crippen molar-refractivity contribution in [3.63, 3.8) is 0 Å². The van der Waals surface area contributed by atoms with Crippen molar-refractivity contribution in [3.05, 3.63) is 48.0 Å². The van der Waals surface area contributed by atoms with Crippen molar-refractivity contribution in [2.24, 2.45) is 5.92 Å². The van der Waals surface area contributed by atoms with Crippen LogP contribution in [0.1, 0.15) is 18.4 Å². The fourth-order valence-electron chi connectivity index (χ4n) is 3.44. The van der Waals surface area contributed by atoms with E-state index in [1.54, 1.807) is 37.3 Å². The number of nitrogens with one attached hydrogen (secondary N) is 2. The molecule has 3 amide bonds. The molecular formula is C22H27N3O4. The lowest BCUT2D eigenvalue weighted by molar-refractivity contribution is -0.121. The summed E-state index contributed by atoms with van der Waals surface area (Å²) in [5, 5.41) is 5.84. The number of carbonyl (C=O) groups excluding carboxylic acids is 2. The molecule has 1 heterocycles. The summed E-state index contributed by atoms with van der Waals surface area (Å²) in [6.07, 6.45) is 1.51. The molecule has 1 unspecified atom stereocenters. The van der Waals surface area contributed by atoms with Gasteiger partial charge in [0.2, 0.25) is 5.91 Å². The van der Waals surface area contributed by atoms with E-state index in [1.165, 1.54) is 0 Å². The molecule has 154 valence electrons. The van der Waals surface area contributed by atoms with Crippen LogP contribution < -0.4 is 20.1 Å². The Morgan fingerprint density at radius 2 is 1.90 bits per heavy atom. The van der Waals surface area contributed by atoms with Gasteiger partial charge in [-0.05, 0) is 49.6 Å². The smallest absolute Gasteiger partial charge is 0.321 e. The second-order valence-electron chi connectivity index (χ2n) is 7.14. The van der Waals surface area contributed by atoms with Crippen LogP contribution in [-0.2, 0) is 4.79 Å². The number of benzene rings is 2. The van der Waals surface area contributed by atoms with Crippen LogP contribution in [0.25, 0.3) is 0 Å². The summed E-state index contributed by atoms with van der Waals surface area (Å²) >= 11 is 0. The van der Waals surface area contributed by atoms with Gasteiger partial charge in [0.1, 0.15) is 11.5 Å². The normalized spacial score (nSPS) is 16.1. The van der Waals surface area contributed by atoms with Crippen LogP contribution >= 0.6 is 0 Å². The highest BCUT2D eigenvalue weighted by atomic mass is 16.5. The van der Waals surface area contributed by atoms with Crippen LogP contribution in [0.2, 0.25) is 0 Å². The number of likely N-dealkylation sites (tertiary alicyclic amines) is 1. The number of carbonyl (C=O) groups is 2. The molecule has 0 bridgehead atoms. The number of aryl methyl sites for hydroxylation is 1. The lowest BCUT2D eigenvalue weighted by atomic mass is 9.97. The average molecular weight is 397 g/mol. The second kappa shape index (κ2) is 9.32. The zero-order valence-electron chi connectivity index (χ0n) is 17.0. The fourth-order valence-corrected chi connectivity index (χ4v) is 3.44. The van der Waals surface area contributed by atoms with Crippen LogP contribution in [0, 0.1) is 12.8 Å². The van der Waals surface area contributed by atoms with Crippen molar-refractivity contribution in [3.8, 4) is 11.5 Å². The van der Waals surface area contributed by atoms with Gasteiger partial charge in [-0.2, -0.15) is 0 Å². The number of hydrogen-bond donors (Lipinski definition) is 2. The van der Waals surface area contributed by atoms with Gasteiger partial charge in [0.25, 0.3) is 0 Å². The standard InChI is InChI=1S/C22H27N3O4/c1-15-6-4-8-17(12-15)23-22(27)25-11-5-7-16(14-25)21(26)24-19-10-9-18(28-2)13-20(19)29-3/h4,6,8-10,12-13,16H,5,7,11,14H2,1-3H3,(H,23,27)(H,24,26). The molecule has 0 aromatic heterocycles. The molecule has 7 nitrogen and oxygen atoms in total. The Labute approximate surface area is 171 Å². The zero-order valence-corrected chi connectivity index (χ0v) is 17.0. The van der Waals surface area contributed by atoms with Gasteiger partial charge < -0.3 is 25.0 Å². The Morgan fingerprint density at radius 1 is 1.07 bits per heavy atom. The third-order valence-electron chi connectivity index (χ3n) is 5.02. The van der Waals surface area contributed by atoms with E-state index < -0.39 is 0 Å². The Morgan fingerprint density at radius 3 is 2.62 bits per heavy atom. The van der Waals surface area contributed by atoms with Crippen LogP contribution in [-0.4, -0.2) is 44.1 Å². The minimum atomic E-state index is -0.279. The fraction of sp³-hybridized carbons (Fsp3) is 0.364. The molecule has 1 aliphatic heterocycles. The van der Waals surface area contributed by atoms with Crippen LogP contribution in [0.4, 0.5) is 16.2 Å². The molecule has 0 saturated carbocycles. The lowest BCUT2D eigenvalue weighted by Crippen LogP contribution is -2.45. The van der Waals surface area contributed by atoms with E-state index in [4.69, 9.17) is 9.47 Å². The van der Waals surface area contributed by atoms with E-state index in [1.807, 2.05) is 31.2 Å². The quantitative estimate of drug-likeness (QED) is 0.802. The van der Waals surface area contributed by atoms with Crippen LogP contribution in [0.15, 0.2) is 42.5 Å². The molecule has 2 N–H and O–H groups in total. The first kappa shape index (κ1) is 20.5. The van der Waals surface area contributed by atoms with Crippen molar-refractivity contribution in [1.29, 1.82) is 0 Å². The minimum absolute atomic E-state index is 0.124. The second-order valence-corrected chi connectivity index (χ2v) is 7.14. The Balaban J connectivity index is 1.62.